The fraction of sp³-hybridized carbons (Fsp3) is 0.214. The van der Waals surface area contributed by atoms with Crippen LogP contribution in [0.1, 0.15) is 52.7 Å². The average molecular weight is 685 g/mol. The molecule has 2 atom stereocenters. The van der Waals surface area contributed by atoms with Crippen LogP contribution < -0.4 is 10.6 Å². The summed E-state index contributed by atoms with van der Waals surface area (Å²) in [5, 5.41) is 16.0. The largest absolute Gasteiger partial charge is 0.451 e. The maximum Gasteiger partial charge on any atom is 0.407 e. The van der Waals surface area contributed by atoms with Crippen molar-refractivity contribution in [1.29, 1.82) is 0 Å². The molecule has 0 saturated carbocycles. The lowest BCUT2D eigenvalue weighted by Gasteiger charge is -2.24. The van der Waals surface area contributed by atoms with Crippen molar-refractivity contribution in [3.63, 3.8) is 0 Å². The highest BCUT2D eigenvalue weighted by Crippen LogP contribution is 2.44. The molecular formula is C42H40N2O7. The lowest BCUT2D eigenvalue weighted by atomic mass is 9.98. The summed E-state index contributed by atoms with van der Waals surface area (Å²) in [7, 11) is 0. The lowest BCUT2D eigenvalue weighted by molar-refractivity contribution is -0.150. The number of fused-ring (bicyclic) bond motifs is 3. The summed E-state index contributed by atoms with van der Waals surface area (Å²) < 4.78 is 17.1. The van der Waals surface area contributed by atoms with E-state index in [2.05, 4.69) is 22.8 Å². The molecule has 0 unspecified atom stereocenters. The maximum atomic E-state index is 13.9. The van der Waals surface area contributed by atoms with E-state index in [-0.39, 0.29) is 38.5 Å². The third-order valence-corrected chi connectivity index (χ3v) is 8.84. The zero-order valence-corrected chi connectivity index (χ0v) is 28.0. The molecule has 3 N–H and O–H groups in total. The van der Waals surface area contributed by atoms with Crippen molar-refractivity contribution in [1.82, 2.24) is 10.6 Å². The third-order valence-electron chi connectivity index (χ3n) is 8.84. The van der Waals surface area contributed by atoms with E-state index >= 15 is 0 Å². The molecule has 0 heterocycles. The van der Waals surface area contributed by atoms with Crippen LogP contribution in [0, 0.1) is 0 Å². The van der Waals surface area contributed by atoms with Crippen LogP contribution in [0.25, 0.3) is 11.1 Å². The van der Waals surface area contributed by atoms with Gasteiger partial charge in [0.2, 0.25) is 0 Å². The minimum absolute atomic E-state index is 0.0151. The van der Waals surface area contributed by atoms with Gasteiger partial charge in [0.05, 0.1) is 6.10 Å². The Balaban J connectivity index is 1.11. The Morgan fingerprint density at radius 1 is 0.627 bits per heavy atom. The Kier molecular flexibility index (Phi) is 11.7. The number of aliphatic hydroxyl groups excluding tert-OH is 1. The van der Waals surface area contributed by atoms with Crippen LogP contribution in [0.15, 0.2) is 140 Å². The Hall–Kier alpha value is -5.93. The summed E-state index contributed by atoms with van der Waals surface area (Å²) in [6.45, 7) is 0.0393. The number of nitrogens with one attached hydrogen (secondary N) is 2. The summed E-state index contributed by atoms with van der Waals surface area (Å²) in [6, 6.07) is 42.8. The predicted octanol–water partition coefficient (Wildman–Crippen LogP) is 7.29. The minimum Gasteiger partial charge on any atom is -0.451 e. The first-order valence-corrected chi connectivity index (χ1v) is 17.0. The molecule has 0 aromatic heterocycles. The number of benzene rings is 5. The molecule has 9 nitrogen and oxygen atoms in total. The first-order valence-electron chi connectivity index (χ1n) is 17.0. The molecule has 0 fully saturated rings. The van der Waals surface area contributed by atoms with Gasteiger partial charge in [0.1, 0.15) is 19.3 Å². The van der Waals surface area contributed by atoms with Crippen LogP contribution in [0.2, 0.25) is 0 Å². The topological polar surface area (TPSA) is 123 Å². The van der Waals surface area contributed by atoms with Gasteiger partial charge in [0.25, 0.3) is 0 Å². The van der Waals surface area contributed by atoms with Crippen LogP contribution in [-0.4, -0.2) is 48.6 Å². The molecule has 51 heavy (non-hydrogen) atoms. The van der Waals surface area contributed by atoms with Crippen molar-refractivity contribution >= 4 is 18.2 Å². The number of carbonyl (C=O) groups is 3. The van der Waals surface area contributed by atoms with E-state index < -0.39 is 36.4 Å². The summed E-state index contributed by atoms with van der Waals surface area (Å²) in [4.78, 5) is 39.4. The van der Waals surface area contributed by atoms with Gasteiger partial charge in [-0.3, -0.25) is 0 Å². The minimum atomic E-state index is -1.16. The first kappa shape index (κ1) is 34.9. The summed E-state index contributed by atoms with van der Waals surface area (Å²) in [5.41, 5.74) is 6.68. The zero-order valence-electron chi connectivity index (χ0n) is 28.0. The van der Waals surface area contributed by atoms with E-state index in [1.54, 1.807) is 0 Å². The number of amides is 2. The van der Waals surface area contributed by atoms with Crippen LogP contribution in [-0.2, 0) is 25.6 Å². The molecule has 0 radical (unpaired) electrons. The van der Waals surface area contributed by atoms with E-state index in [9.17, 15) is 19.5 Å². The monoisotopic (exact) mass is 684 g/mol. The molecule has 260 valence electrons. The van der Waals surface area contributed by atoms with Gasteiger partial charge < -0.3 is 30.0 Å². The van der Waals surface area contributed by atoms with Crippen LogP contribution in [0.5, 0.6) is 0 Å². The van der Waals surface area contributed by atoms with Gasteiger partial charge in [0, 0.05) is 12.5 Å². The van der Waals surface area contributed by atoms with Gasteiger partial charge in [-0.15, -0.1) is 0 Å². The number of hydrogen-bond donors (Lipinski definition) is 3. The smallest absolute Gasteiger partial charge is 0.407 e. The zero-order chi connectivity index (χ0) is 35.4. The number of aliphatic hydroxyl groups is 1. The Morgan fingerprint density at radius 3 is 1.75 bits per heavy atom. The molecule has 0 spiro atoms. The van der Waals surface area contributed by atoms with Gasteiger partial charge >= 0.3 is 18.2 Å². The van der Waals surface area contributed by atoms with Crippen molar-refractivity contribution in [2.24, 2.45) is 0 Å². The second kappa shape index (κ2) is 17.1. The number of ether oxygens (including phenoxy) is 3. The number of rotatable bonds is 14. The lowest BCUT2D eigenvalue weighted by Crippen LogP contribution is -2.44. The molecule has 0 saturated heterocycles. The molecule has 1 aliphatic rings. The third kappa shape index (κ3) is 9.20. The van der Waals surface area contributed by atoms with Gasteiger partial charge in [-0.1, -0.05) is 140 Å². The number of carbonyl (C=O) groups excluding carboxylic acids is 3. The fourth-order valence-electron chi connectivity index (χ4n) is 6.25. The van der Waals surface area contributed by atoms with E-state index in [1.807, 2.05) is 127 Å². The second-order valence-corrected chi connectivity index (χ2v) is 12.3. The van der Waals surface area contributed by atoms with Gasteiger partial charge in [-0.2, -0.15) is 0 Å². The normalized spacial score (nSPS) is 13.0. The first-order chi connectivity index (χ1) is 25.0. The fourth-order valence-corrected chi connectivity index (χ4v) is 6.25. The van der Waals surface area contributed by atoms with Crippen LogP contribution in [0.4, 0.5) is 9.59 Å². The molecule has 9 heteroatoms. The summed E-state index contributed by atoms with van der Waals surface area (Å²) in [5.74, 6) is -0.854. The number of hydrogen-bond acceptors (Lipinski definition) is 7. The molecule has 6 rings (SSSR count). The van der Waals surface area contributed by atoms with Crippen molar-refractivity contribution in [3.05, 3.63) is 167 Å². The highest BCUT2D eigenvalue weighted by molar-refractivity contribution is 5.82. The molecule has 1 aliphatic carbocycles. The Morgan fingerprint density at radius 2 is 1.16 bits per heavy atom. The number of esters is 1. The van der Waals surface area contributed by atoms with Crippen molar-refractivity contribution in [2.45, 2.75) is 43.6 Å². The average Bonchev–Trinajstić information content (AvgIpc) is 3.50. The quantitative estimate of drug-likeness (QED) is 0.0829. The summed E-state index contributed by atoms with van der Waals surface area (Å²) >= 11 is 0. The van der Waals surface area contributed by atoms with Gasteiger partial charge in [-0.25, -0.2) is 14.4 Å². The Labute approximate surface area is 297 Å². The molecule has 5 aromatic carbocycles. The highest BCUT2D eigenvalue weighted by Gasteiger charge is 2.31. The molecule has 2 amide bonds. The molecule has 5 aromatic rings. The van der Waals surface area contributed by atoms with Crippen LogP contribution in [0.3, 0.4) is 0 Å². The van der Waals surface area contributed by atoms with Crippen molar-refractivity contribution in [3.8, 4) is 11.1 Å². The number of alkyl carbamates (subject to hydrolysis) is 2. The van der Waals surface area contributed by atoms with E-state index in [1.165, 1.54) is 0 Å². The van der Waals surface area contributed by atoms with Crippen molar-refractivity contribution < 1.29 is 33.7 Å². The predicted molar refractivity (Wildman–Crippen MR) is 193 cm³/mol. The van der Waals surface area contributed by atoms with Gasteiger partial charge in [0.15, 0.2) is 6.10 Å². The van der Waals surface area contributed by atoms with E-state index in [0.29, 0.717) is 0 Å². The Bertz CT molecular complexity index is 1820. The SMILES string of the molecule is O=C(NC[C@H](O)CC[C@H](NC(=O)OCC1c2ccccc2-c2ccccc21)C(=O)OC(c1ccccc1)c1ccccc1)OCc1ccccc1. The second-order valence-electron chi connectivity index (χ2n) is 12.3. The highest BCUT2D eigenvalue weighted by atomic mass is 16.6. The van der Waals surface area contributed by atoms with Crippen LogP contribution >= 0.6 is 0 Å². The molecular weight excluding hydrogens is 644 g/mol. The standard InChI is InChI=1S/C42H40N2O7/c45-32(26-43-41(47)49-27-29-14-4-1-5-15-29)24-25-38(40(46)51-39(30-16-6-2-7-17-30)31-18-8-3-9-19-31)44-42(48)50-28-37-35-22-12-10-20-33(35)34-21-11-13-23-36(34)37/h1-23,32,37-39,45H,24-28H2,(H,43,47)(H,44,48)/t32-,38+/m1/s1. The maximum absolute atomic E-state index is 13.9. The molecule has 0 bridgehead atoms. The van der Waals surface area contributed by atoms with Crippen molar-refractivity contribution in [2.75, 3.05) is 13.2 Å². The molecule has 0 aliphatic heterocycles. The van der Waals surface area contributed by atoms with Gasteiger partial charge in [-0.05, 0) is 51.8 Å². The summed E-state index contributed by atoms with van der Waals surface area (Å²) in [6.07, 6.45) is -3.16. The van der Waals surface area contributed by atoms with E-state index in [4.69, 9.17) is 14.2 Å². The van der Waals surface area contributed by atoms with E-state index in [0.717, 1.165) is 38.9 Å².